The van der Waals surface area contributed by atoms with Gasteiger partial charge >= 0.3 is 6.18 Å². The molecule has 1 aromatic heterocycles. The van der Waals surface area contributed by atoms with E-state index in [2.05, 4.69) is 15.5 Å². The normalized spacial score (nSPS) is 11.6. The fourth-order valence-electron chi connectivity index (χ4n) is 2.88. The molecule has 0 saturated carbocycles. The molecule has 0 aliphatic heterocycles. The van der Waals surface area contributed by atoms with Gasteiger partial charge in [-0.2, -0.15) is 18.3 Å². The van der Waals surface area contributed by atoms with Gasteiger partial charge in [0.25, 0.3) is 0 Å². The van der Waals surface area contributed by atoms with Crippen molar-refractivity contribution in [3.8, 4) is 17.0 Å². The third-order valence-electron chi connectivity index (χ3n) is 4.49. The first-order valence-corrected chi connectivity index (χ1v) is 10.5. The van der Waals surface area contributed by atoms with Crippen molar-refractivity contribution in [2.45, 2.75) is 12.8 Å². The second-order valence-corrected chi connectivity index (χ2v) is 7.69. The van der Waals surface area contributed by atoms with E-state index in [0.717, 1.165) is 29.0 Å². The second kappa shape index (κ2) is 9.65. The van der Waals surface area contributed by atoms with Crippen molar-refractivity contribution in [3.05, 3.63) is 101 Å². The Morgan fingerprint density at radius 3 is 2.50 bits per heavy atom. The molecule has 1 N–H and O–H groups in total. The Hall–Kier alpha value is -3.65. The maximum atomic E-state index is 12.8. The van der Waals surface area contributed by atoms with Gasteiger partial charge in [-0.05, 0) is 47.5 Å². The van der Waals surface area contributed by atoms with E-state index in [9.17, 15) is 13.2 Å². The predicted octanol–water partition coefficient (Wildman–Crippen LogP) is 6.85. The average Bonchev–Trinajstić information content (AvgIpc) is 3.28. The van der Waals surface area contributed by atoms with Crippen molar-refractivity contribution in [3.63, 3.8) is 0 Å². The minimum Gasteiger partial charge on any atom is -0.489 e. The molecule has 0 fully saturated rings. The van der Waals surface area contributed by atoms with E-state index in [1.54, 1.807) is 24.4 Å². The van der Waals surface area contributed by atoms with Crippen LogP contribution in [0.25, 0.3) is 11.3 Å². The summed E-state index contributed by atoms with van der Waals surface area (Å²) in [6, 6.07) is 22.1. The lowest BCUT2D eigenvalue weighted by Gasteiger charge is -2.10. The number of benzene rings is 3. The van der Waals surface area contributed by atoms with E-state index in [0.29, 0.717) is 16.4 Å². The molecule has 8 heteroatoms. The second-order valence-electron chi connectivity index (χ2n) is 6.83. The number of aromatic nitrogens is 1. The van der Waals surface area contributed by atoms with Crippen LogP contribution in [0.3, 0.4) is 0 Å². The Labute approximate surface area is 187 Å². The summed E-state index contributed by atoms with van der Waals surface area (Å²) in [5, 5.41) is 6.84. The molecule has 1 heterocycles. The van der Waals surface area contributed by atoms with Crippen LogP contribution >= 0.6 is 11.3 Å². The van der Waals surface area contributed by atoms with E-state index in [-0.39, 0.29) is 6.61 Å². The van der Waals surface area contributed by atoms with Crippen LogP contribution in [0, 0.1) is 0 Å². The summed E-state index contributed by atoms with van der Waals surface area (Å²) < 4.78 is 44.0. The van der Waals surface area contributed by atoms with Gasteiger partial charge in [-0.1, -0.05) is 42.5 Å². The monoisotopic (exact) mass is 453 g/mol. The Morgan fingerprint density at radius 2 is 1.75 bits per heavy atom. The zero-order valence-corrected chi connectivity index (χ0v) is 17.5. The number of halogens is 3. The molecule has 4 rings (SSSR count). The molecule has 4 aromatic rings. The SMILES string of the molecule is FC(F)(F)c1cccc(COc2ccc(C=NNc3nc(-c4ccccc4)cs3)cc2)c1. The highest BCUT2D eigenvalue weighted by Crippen LogP contribution is 2.30. The predicted molar refractivity (Wildman–Crippen MR) is 121 cm³/mol. The highest BCUT2D eigenvalue weighted by atomic mass is 32.1. The summed E-state index contributed by atoms with van der Waals surface area (Å²) in [7, 11) is 0. The van der Waals surface area contributed by atoms with Crippen LogP contribution < -0.4 is 10.2 Å². The van der Waals surface area contributed by atoms with E-state index >= 15 is 0 Å². The minimum atomic E-state index is -4.37. The third kappa shape index (κ3) is 5.73. The third-order valence-corrected chi connectivity index (χ3v) is 5.23. The van der Waals surface area contributed by atoms with Crippen LogP contribution in [-0.2, 0) is 12.8 Å². The lowest BCUT2D eigenvalue weighted by Crippen LogP contribution is -2.06. The number of ether oxygens (including phenoxy) is 1. The fraction of sp³-hybridized carbons (Fsp3) is 0.0833. The number of hydrogen-bond acceptors (Lipinski definition) is 5. The number of alkyl halides is 3. The van der Waals surface area contributed by atoms with Crippen LogP contribution in [0.15, 0.2) is 89.3 Å². The van der Waals surface area contributed by atoms with E-state index in [1.165, 1.54) is 17.4 Å². The molecule has 3 aromatic carbocycles. The van der Waals surface area contributed by atoms with Crippen LogP contribution in [0.5, 0.6) is 5.75 Å². The molecule has 0 saturated heterocycles. The van der Waals surface area contributed by atoms with Gasteiger partial charge in [-0.15, -0.1) is 11.3 Å². The van der Waals surface area contributed by atoms with Gasteiger partial charge in [0.1, 0.15) is 12.4 Å². The first-order chi connectivity index (χ1) is 15.5. The quantitative estimate of drug-likeness (QED) is 0.246. The molecule has 162 valence electrons. The van der Waals surface area contributed by atoms with E-state index in [1.807, 2.05) is 47.8 Å². The highest BCUT2D eigenvalue weighted by Gasteiger charge is 2.30. The van der Waals surface area contributed by atoms with E-state index in [4.69, 9.17) is 4.74 Å². The number of nitrogens with one attached hydrogen (secondary N) is 1. The molecule has 0 radical (unpaired) electrons. The van der Waals surface area contributed by atoms with Crippen molar-refractivity contribution >= 4 is 22.7 Å². The summed E-state index contributed by atoms with van der Waals surface area (Å²) in [4.78, 5) is 4.50. The maximum absolute atomic E-state index is 12.8. The number of thiazole rings is 1. The first-order valence-electron chi connectivity index (χ1n) is 9.66. The minimum absolute atomic E-state index is 0.0483. The average molecular weight is 453 g/mol. The zero-order valence-electron chi connectivity index (χ0n) is 16.7. The summed E-state index contributed by atoms with van der Waals surface area (Å²) in [5.41, 5.74) is 5.45. The van der Waals surface area contributed by atoms with Gasteiger partial charge < -0.3 is 4.74 Å². The van der Waals surface area contributed by atoms with Crippen molar-refractivity contribution in [2.24, 2.45) is 5.10 Å². The standard InChI is InChI=1S/C24H18F3N3OS/c25-24(26,27)20-8-4-5-18(13-20)15-31-21-11-9-17(10-12-21)14-28-30-23-29-22(16-32-23)19-6-2-1-3-7-19/h1-14,16H,15H2,(H,29,30). The van der Waals surface area contributed by atoms with Gasteiger partial charge in [-0.25, -0.2) is 4.98 Å². The van der Waals surface area contributed by atoms with Crippen molar-refractivity contribution < 1.29 is 17.9 Å². The molecule has 0 aliphatic rings. The van der Waals surface area contributed by atoms with Crippen LogP contribution in [0.4, 0.5) is 18.3 Å². The Bertz CT molecular complexity index is 1190. The summed E-state index contributed by atoms with van der Waals surface area (Å²) in [5.74, 6) is 0.556. The molecule has 0 aliphatic carbocycles. The van der Waals surface area contributed by atoms with Gasteiger partial charge in [0.05, 0.1) is 17.5 Å². The summed E-state index contributed by atoms with van der Waals surface area (Å²) in [6.45, 7) is 0.0483. The Morgan fingerprint density at radius 1 is 0.969 bits per heavy atom. The molecule has 4 nitrogen and oxygen atoms in total. The Balaban J connectivity index is 1.30. The molecule has 0 bridgehead atoms. The van der Waals surface area contributed by atoms with Gasteiger partial charge in [0.15, 0.2) is 0 Å². The van der Waals surface area contributed by atoms with Crippen molar-refractivity contribution in [1.82, 2.24) is 4.98 Å². The van der Waals surface area contributed by atoms with Gasteiger partial charge in [-0.3, -0.25) is 5.43 Å². The number of anilines is 1. The topological polar surface area (TPSA) is 46.5 Å². The maximum Gasteiger partial charge on any atom is 0.416 e. The molecule has 0 atom stereocenters. The van der Waals surface area contributed by atoms with Crippen molar-refractivity contribution in [2.75, 3.05) is 5.43 Å². The summed E-state index contributed by atoms with van der Waals surface area (Å²) in [6.07, 6.45) is -2.72. The lowest BCUT2D eigenvalue weighted by molar-refractivity contribution is -0.137. The molecule has 32 heavy (non-hydrogen) atoms. The molecule has 0 unspecified atom stereocenters. The van der Waals surface area contributed by atoms with Crippen LogP contribution in [0.2, 0.25) is 0 Å². The molecule has 0 amide bonds. The number of rotatable bonds is 7. The lowest BCUT2D eigenvalue weighted by atomic mass is 10.1. The molecular formula is C24H18F3N3OS. The number of hydrazone groups is 1. The molecular weight excluding hydrogens is 435 g/mol. The van der Waals surface area contributed by atoms with Crippen molar-refractivity contribution in [1.29, 1.82) is 0 Å². The highest BCUT2D eigenvalue weighted by molar-refractivity contribution is 7.14. The van der Waals surface area contributed by atoms with Gasteiger partial charge in [0, 0.05) is 10.9 Å². The first kappa shape index (κ1) is 21.6. The number of nitrogens with zero attached hydrogens (tertiary/aromatic N) is 2. The Kier molecular flexibility index (Phi) is 6.51. The fourth-order valence-corrected chi connectivity index (χ4v) is 3.55. The largest absolute Gasteiger partial charge is 0.489 e. The van der Waals surface area contributed by atoms with Gasteiger partial charge in [0.2, 0.25) is 5.13 Å². The molecule has 0 spiro atoms. The van der Waals surface area contributed by atoms with E-state index < -0.39 is 11.7 Å². The smallest absolute Gasteiger partial charge is 0.416 e. The number of hydrogen-bond donors (Lipinski definition) is 1. The van der Waals surface area contributed by atoms with Crippen LogP contribution in [-0.4, -0.2) is 11.2 Å². The zero-order chi connectivity index (χ0) is 22.4. The summed E-state index contributed by atoms with van der Waals surface area (Å²) >= 11 is 1.46. The van der Waals surface area contributed by atoms with Crippen LogP contribution in [0.1, 0.15) is 16.7 Å².